The van der Waals surface area contributed by atoms with Crippen molar-refractivity contribution < 1.29 is 4.79 Å². The molecule has 1 atom stereocenters. The number of carbonyl (C=O) groups is 1. The number of aromatic nitrogens is 4. The number of fused-ring (bicyclic) bond motifs is 1. The maximum Gasteiger partial charge on any atom is 0.224 e. The highest BCUT2D eigenvalue weighted by Gasteiger charge is 2.29. The number of halogens is 1. The molecule has 1 saturated heterocycles. The number of piperidine rings is 1. The van der Waals surface area contributed by atoms with Crippen molar-refractivity contribution in [3.05, 3.63) is 63.1 Å². The van der Waals surface area contributed by atoms with Crippen LogP contribution in [0.25, 0.3) is 16.6 Å². The number of nitrogens with one attached hydrogen (secondary N) is 1. The first-order valence-electron chi connectivity index (χ1n) is 11.5. The number of anilines is 1. The molecule has 176 valence electrons. The molecule has 0 aliphatic carbocycles. The average molecular weight is 495 g/mol. The zero-order valence-electron chi connectivity index (χ0n) is 19.3. The molecule has 1 amide bonds. The molecule has 1 aliphatic heterocycles. The van der Waals surface area contributed by atoms with E-state index in [4.69, 9.17) is 16.7 Å². The van der Waals surface area contributed by atoms with Crippen molar-refractivity contribution in [2.75, 3.05) is 24.5 Å². The summed E-state index contributed by atoms with van der Waals surface area (Å²) < 4.78 is 1.92. The van der Waals surface area contributed by atoms with Gasteiger partial charge in [0.1, 0.15) is 5.52 Å². The Morgan fingerprint density at radius 3 is 2.79 bits per heavy atom. The highest BCUT2D eigenvalue weighted by molar-refractivity contribution is 7.09. The fraction of sp³-hybridized carbons (Fsp3) is 0.360. The number of thiophene rings is 1. The molecule has 34 heavy (non-hydrogen) atoms. The summed E-state index contributed by atoms with van der Waals surface area (Å²) in [4.78, 5) is 16.3. The third-order valence-electron chi connectivity index (χ3n) is 6.40. The van der Waals surface area contributed by atoms with Crippen LogP contribution in [0.2, 0.25) is 5.02 Å². The summed E-state index contributed by atoms with van der Waals surface area (Å²) in [7, 11) is 0. The van der Waals surface area contributed by atoms with Gasteiger partial charge in [0.15, 0.2) is 5.82 Å². The van der Waals surface area contributed by atoms with E-state index in [9.17, 15) is 4.79 Å². The second-order valence-electron chi connectivity index (χ2n) is 8.71. The monoisotopic (exact) mass is 494 g/mol. The van der Waals surface area contributed by atoms with Crippen molar-refractivity contribution >= 4 is 45.6 Å². The van der Waals surface area contributed by atoms with Gasteiger partial charge in [-0.2, -0.15) is 10.2 Å². The molecular weight excluding hydrogens is 468 g/mol. The van der Waals surface area contributed by atoms with Crippen LogP contribution >= 0.6 is 22.9 Å². The van der Waals surface area contributed by atoms with Gasteiger partial charge in [0.25, 0.3) is 0 Å². The molecule has 0 radical (unpaired) electrons. The molecule has 4 aromatic rings. The van der Waals surface area contributed by atoms with Crippen molar-refractivity contribution in [1.82, 2.24) is 25.3 Å². The van der Waals surface area contributed by atoms with Crippen LogP contribution in [0.3, 0.4) is 0 Å². The van der Waals surface area contributed by atoms with Gasteiger partial charge in [0.05, 0.1) is 28.4 Å². The summed E-state index contributed by atoms with van der Waals surface area (Å²) in [6, 6.07) is 11.8. The third-order valence-corrected chi connectivity index (χ3v) is 7.59. The summed E-state index contributed by atoms with van der Waals surface area (Å²) in [6.45, 7) is 6.11. The molecule has 1 aromatic carbocycles. The van der Waals surface area contributed by atoms with E-state index in [1.807, 2.05) is 48.9 Å². The summed E-state index contributed by atoms with van der Waals surface area (Å²) >= 11 is 7.80. The van der Waals surface area contributed by atoms with E-state index in [0.717, 1.165) is 59.6 Å². The standard InChI is InChI=1S/C25H27ClN6OS/c1-16-22-17(2)32(20-9-7-19(26)8-10-20)30-23(22)24(29-28-16)31-13-3-5-18(15-31)25(33)27-12-11-21-6-4-14-34-21/h4,6-10,14,18H,3,5,11-13,15H2,1-2H3,(H,27,33). The van der Waals surface area contributed by atoms with Crippen molar-refractivity contribution in [2.24, 2.45) is 5.92 Å². The smallest absolute Gasteiger partial charge is 0.224 e. The van der Waals surface area contributed by atoms with Gasteiger partial charge in [-0.15, -0.1) is 16.4 Å². The van der Waals surface area contributed by atoms with Gasteiger partial charge < -0.3 is 10.2 Å². The zero-order chi connectivity index (χ0) is 23.7. The van der Waals surface area contributed by atoms with E-state index in [-0.39, 0.29) is 11.8 Å². The number of nitrogens with zero attached hydrogens (tertiary/aromatic N) is 5. The molecule has 5 rings (SSSR count). The summed E-state index contributed by atoms with van der Waals surface area (Å²) in [5, 5.41) is 20.8. The van der Waals surface area contributed by atoms with E-state index < -0.39 is 0 Å². The van der Waals surface area contributed by atoms with Gasteiger partial charge in [0.2, 0.25) is 5.91 Å². The second kappa shape index (κ2) is 9.72. The third kappa shape index (κ3) is 4.52. The van der Waals surface area contributed by atoms with Gasteiger partial charge in [0, 0.05) is 29.5 Å². The lowest BCUT2D eigenvalue weighted by atomic mass is 9.97. The van der Waals surface area contributed by atoms with Crippen molar-refractivity contribution in [1.29, 1.82) is 0 Å². The predicted molar refractivity (Wildman–Crippen MR) is 137 cm³/mol. The summed E-state index contributed by atoms with van der Waals surface area (Å²) in [5.74, 6) is 0.780. The van der Waals surface area contributed by atoms with Gasteiger partial charge in [-0.1, -0.05) is 17.7 Å². The zero-order valence-corrected chi connectivity index (χ0v) is 20.9. The fourth-order valence-corrected chi connectivity index (χ4v) is 5.48. The number of rotatable bonds is 6. The maximum atomic E-state index is 12.9. The molecule has 0 bridgehead atoms. The quantitative estimate of drug-likeness (QED) is 0.419. The Hall–Kier alpha value is -2.97. The van der Waals surface area contributed by atoms with Gasteiger partial charge in [-0.25, -0.2) is 4.68 Å². The lowest BCUT2D eigenvalue weighted by Gasteiger charge is -2.32. The predicted octanol–water partition coefficient (Wildman–Crippen LogP) is 4.72. The average Bonchev–Trinajstić information content (AvgIpc) is 3.48. The molecule has 0 spiro atoms. The van der Waals surface area contributed by atoms with Crippen LogP contribution in [0.15, 0.2) is 41.8 Å². The topological polar surface area (TPSA) is 75.9 Å². The number of benzene rings is 1. The first-order valence-corrected chi connectivity index (χ1v) is 12.8. The van der Waals surface area contributed by atoms with Crippen LogP contribution in [0, 0.1) is 19.8 Å². The lowest BCUT2D eigenvalue weighted by molar-refractivity contribution is -0.125. The van der Waals surface area contributed by atoms with Crippen molar-refractivity contribution in [2.45, 2.75) is 33.1 Å². The maximum absolute atomic E-state index is 12.9. The number of aryl methyl sites for hydroxylation is 2. The summed E-state index contributed by atoms with van der Waals surface area (Å²) in [6.07, 6.45) is 2.67. The van der Waals surface area contributed by atoms with E-state index in [2.05, 4.69) is 31.9 Å². The van der Waals surface area contributed by atoms with Crippen molar-refractivity contribution in [3.63, 3.8) is 0 Å². The Morgan fingerprint density at radius 1 is 1.21 bits per heavy atom. The highest BCUT2D eigenvalue weighted by Crippen LogP contribution is 2.31. The number of hydrogen-bond acceptors (Lipinski definition) is 6. The molecule has 7 nitrogen and oxygen atoms in total. The molecule has 4 heterocycles. The molecule has 0 saturated carbocycles. The van der Waals surface area contributed by atoms with E-state index >= 15 is 0 Å². The van der Waals surface area contributed by atoms with E-state index in [1.54, 1.807) is 11.3 Å². The normalized spacial score (nSPS) is 16.2. The Morgan fingerprint density at radius 2 is 2.03 bits per heavy atom. The second-order valence-corrected chi connectivity index (χ2v) is 10.2. The molecule has 1 N–H and O–H groups in total. The largest absolute Gasteiger partial charge is 0.355 e. The minimum atomic E-state index is -0.0744. The Balaban J connectivity index is 1.37. The van der Waals surface area contributed by atoms with Crippen LogP contribution in [0.5, 0.6) is 0 Å². The SMILES string of the molecule is Cc1nnc(N2CCCC(C(=O)NCCc3cccs3)C2)c2nn(-c3ccc(Cl)cc3)c(C)c12. The number of amides is 1. The molecule has 1 fully saturated rings. The van der Waals surface area contributed by atoms with Gasteiger partial charge >= 0.3 is 0 Å². The molecule has 9 heteroatoms. The Bertz CT molecular complexity index is 1300. The van der Waals surface area contributed by atoms with E-state index in [1.165, 1.54) is 4.88 Å². The fourth-order valence-electron chi connectivity index (χ4n) is 4.65. The molecule has 1 aliphatic rings. The first-order chi connectivity index (χ1) is 16.5. The molecule has 1 unspecified atom stereocenters. The lowest BCUT2D eigenvalue weighted by Crippen LogP contribution is -2.44. The number of hydrogen-bond donors (Lipinski definition) is 1. The Labute approximate surface area is 207 Å². The number of carbonyl (C=O) groups excluding carboxylic acids is 1. The highest BCUT2D eigenvalue weighted by atomic mass is 35.5. The van der Waals surface area contributed by atoms with E-state index in [0.29, 0.717) is 18.1 Å². The first kappa shape index (κ1) is 22.8. The minimum absolute atomic E-state index is 0.0744. The van der Waals surface area contributed by atoms with Crippen LogP contribution < -0.4 is 10.2 Å². The Kier molecular flexibility index (Phi) is 6.52. The van der Waals surface area contributed by atoms with Gasteiger partial charge in [-0.3, -0.25) is 4.79 Å². The molecule has 3 aromatic heterocycles. The van der Waals surface area contributed by atoms with Crippen LogP contribution in [0.4, 0.5) is 5.82 Å². The van der Waals surface area contributed by atoms with Crippen molar-refractivity contribution in [3.8, 4) is 5.69 Å². The van der Waals surface area contributed by atoms with Crippen LogP contribution in [-0.4, -0.2) is 45.5 Å². The molecular formula is C25H27ClN6OS. The summed E-state index contributed by atoms with van der Waals surface area (Å²) in [5.41, 5.74) is 3.60. The van der Waals surface area contributed by atoms with Crippen LogP contribution in [0.1, 0.15) is 29.1 Å². The minimum Gasteiger partial charge on any atom is -0.355 e. The van der Waals surface area contributed by atoms with Gasteiger partial charge in [-0.05, 0) is 68.8 Å². The van der Waals surface area contributed by atoms with Crippen LogP contribution in [-0.2, 0) is 11.2 Å².